The lowest BCUT2D eigenvalue weighted by atomic mass is 10.0. The maximum Gasteiger partial charge on any atom is 0.469 e. The van der Waals surface area contributed by atoms with Crippen LogP contribution in [0, 0.1) is 0 Å². The smallest absolute Gasteiger partial charge is 0.462 e. The van der Waals surface area contributed by atoms with Crippen LogP contribution in [0.25, 0.3) is 0 Å². The predicted octanol–water partition coefficient (Wildman–Crippen LogP) is 15.3. The molecule has 0 aliphatic rings. The first-order valence-electron chi connectivity index (χ1n) is 24.3. The van der Waals surface area contributed by atoms with E-state index < -0.39 is 32.5 Å². The number of unbranched alkanes of at least 4 members (excludes halogenated alkanes) is 29. The van der Waals surface area contributed by atoms with Gasteiger partial charge in [-0.05, 0) is 51.4 Å². The molecule has 0 rings (SSSR count). The van der Waals surface area contributed by atoms with Gasteiger partial charge in [-0.25, -0.2) is 4.57 Å². The molecule has 0 aromatic rings. The van der Waals surface area contributed by atoms with E-state index in [9.17, 15) is 14.2 Å². The van der Waals surface area contributed by atoms with Gasteiger partial charge in [0.05, 0.1) is 6.61 Å². The van der Waals surface area contributed by atoms with Crippen LogP contribution in [-0.2, 0) is 28.2 Å². The van der Waals surface area contributed by atoms with Crippen molar-refractivity contribution in [3.05, 3.63) is 36.5 Å². The van der Waals surface area contributed by atoms with Crippen LogP contribution in [0.1, 0.15) is 245 Å². The van der Waals surface area contributed by atoms with Crippen molar-refractivity contribution < 1.29 is 37.9 Å². The number of carbonyl (C=O) groups is 2. The molecule has 340 valence electrons. The lowest BCUT2D eigenvalue weighted by molar-refractivity contribution is -0.161. The van der Waals surface area contributed by atoms with Crippen LogP contribution in [-0.4, -0.2) is 41.0 Å². The van der Waals surface area contributed by atoms with Crippen LogP contribution in [0.15, 0.2) is 36.5 Å². The normalized spacial score (nSPS) is 12.7. The predicted molar refractivity (Wildman–Crippen MR) is 244 cm³/mol. The number of rotatable bonds is 45. The molecular formula is C49H91O8P. The molecule has 0 radical (unpaired) electrons. The van der Waals surface area contributed by atoms with Gasteiger partial charge in [-0.1, -0.05) is 217 Å². The molecule has 0 aliphatic carbocycles. The van der Waals surface area contributed by atoms with E-state index in [1.807, 2.05) is 0 Å². The van der Waals surface area contributed by atoms with Gasteiger partial charge in [0.25, 0.3) is 0 Å². The highest BCUT2D eigenvalue weighted by Gasteiger charge is 2.23. The molecule has 0 unspecified atom stereocenters. The summed E-state index contributed by atoms with van der Waals surface area (Å²) >= 11 is 0. The Morgan fingerprint density at radius 3 is 1.19 bits per heavy atom. The largest absolute Gasteiger partial charge is 0.469 e. The van der Waals surface area contributed by atoms with Gasteiger partial charge in [-0.15, -0.1) is 0 Å². The molecule has 0 saturated heterocycles. The number of esters is 2. The molecular weight excluding hydrogens is 748 g/mol. The summed E-state index contributed by atoms with van der Waals surface area (Å²) in [6.07, 6.45) is 54.5. The van der Waals surface area contributed by atoms with Gasteiger partial charge < -0.3 is 19.3 Å². The molecule has 0 spiro atoms. The quantitative estimate of drug-likeness (QED) is 0.0269. The molecule has 0 fully saturated rings. The molecule has 9 heteroatoms. The molecule has 0 bridgehead atoms. The molecule has 0 heterocycles. The number of carbonyl (C=O) groups excluding carboxylic acids is 2. The van der Waals surface area contributed by atoms with Crippen molar-refractivity contribution >= 4 is 19.8 Å². The SMILES string of the molecule is CCCCC/C=C/C/C=C/C/C=C/CCCCCCC(=O)O[C@H](COC(=O)CCCCCCCCCCCCCCCCCCCCCCCCC)COP(=O)(O)O. The second-order valence-corrected chi connectivity index (χ2v) is 17.7. The fourth-order valence-electron chi connectivity index (χ4n) is 7.03. The van der Waals surface area contributed by atoms with Gasteiger partial charge in [-0.2, -0.15) is 0 Å². The van der Waals surface area contributed by atoms with Gasteiger partial charge in [-0.3, -0.25) is 14.1 Å². The molecule has 1 atom stereocenters. The molecule has 8 nitrogen and oxygen atoms in total. The number of hydrogen-bond donors (Lipinski definition) is 2. The topological polar surface area (TPSA) is 119 Å². The summed E-state index contributed by atoms with van der Waals surface area (Å²) in [5, 5.41) is 0. The summed E-state index contributed by atoms with van der Waals surface area (Å²) in [6.45, 7) is 3.67. The third kappa shape index (κ3) is 47.0. The third-order valence-electron chi connectivity index (χ3n) is 10.7. The Kier molecular flexibility index (Phi) is 43.5. The maximum atomic E-state index is 12.4. The van der Waals surface area contributed by atoms with Crippen molar-refractivity contribution in [3.63, 3.8) is 0 Å². The minimum atomic E-state index is -4.76. The number of hydrogen-bond acceptors (Lipinski definition) is 6. The number of phosphoric acid groups is 1. The van der Waals surface area contributed by atoms with Crippen molar-refractivity contribution in [3.8, 4) is 0 Å². The molecule has 0 aromatic carbocycles. The highest BCUT2D eigenvalue weighted by molar-refractivity contribution is 7.46. The zero-order chi connectivity index (χ0) is 42.5. The second-order valence-electron chi connectivity index (χ2n) is 16.4. The van der Waals surface area contributed by atoms with E-state index in [0.29, 0.717) is 6.42 Å². The van der Waals surface area contributed by atoms with Crippen LogP contribution in [0.4, 0.5) is 0 Å². The first-order chi connectivity index (χ1) is 28.3. The van der Waals surface area contributed by atoms with Crippen LogP contribution < -0.4 is 0 Å². The maximum absolute atomic E-state index is 12.4. The van der Waals surface area contributed by atoms with Crippen LogP contribution >= 0.6 is 7.82 Å². The summed E-state index contributed by atoms with van der Waals surface area (Å²) < 4.78 is 26.5. The van der Waals surface area contributed by atoms with Gasteiger partial charge in [0.1, 0.15) is 6.61 Å². The Labute approximate surface area is 357 Å². The molecule has 58 heavy (non-hydrogen) atoms. The van der Waals surface area contributed by atoms with Gasteiger partial charge in [0.15, 0.2) is 6.10 Å². The Hall–Kier alpha value is -1.73. The highest BCUT2D eigenvalue weighted by Crippen LogP contribution is 2.36. The van der Waals surface area contributed by atoms with Gasteiger partial charge >= 0.3 is 19.8 Å². The number of allylic oxidation sites excluding steroid dienone is 6. The molecule has 0 saturated carbocycles. The second kappa shape index (κ2) is 44.8. The van der Waals surface area contributed by atoms with E-state index in [-0.39, 0.29) is 19.4 Å². The summed E-state index contributed by atoms with van der Waals surface area (Å²) in [6, 6.07) is 0. The lowest BCUT2D eigenvalue weighted by Crippen LogP contribution is -2.29. The van der Waals surface area contributed by atoms with E-state index >= 15 is 0 Å². The zero-order valence-corrected chi connectivity index (χ0v) is 38.6. The van der Waals surface area contributed by atoms with Crippen molar-refractivity contribution in [2.24, 2.45) is 0 Å². The summed E-state index contributed by atoms with van der Waals surface area (Å²) in [4.78, 5) is 43.0. The minimum absolute atomic E-state index is 0.188. The average molecular weight is 839 g/mol. The fraction of sp³-hybridized carbons (Fsp3) is 0.837. The van der Waals surface area contributed by atoms with Crippen molar-refractivity contribution in [2.75, 3.05) is 13.2 Å². The zero-order valence-electron chi connectivity index (χ0n) is 37.7. The van der Waals surface area contributed by atoms with Crippen molar-refractivity contribution in [1.82, 2.24) is 0 Å². The summed E-state index contributed by atoms with van der Waals surface area (Å²) in [5.41, 5.74) is 0. The lowest BCUT2D eigenvalue weighted by Gasteiger charge is -2.18. The van der Waals surface area contributed by atoms with E-state index in [1.165, 1.54) is 154 Å². The Balaban J connectivity index is 3.83. The van der Waals surface area contributed by atoms with Crippen molar-refractivity contribution in [2.45, 2.75) is 251 Å². The van der Waals surface area contributed by atoms with E-state index in [4.69, 9.17) is 19.3 Å². The monoisotopic (exact) mass is 839 g/mol. The summed E-state index contributed by atoms with van der Waals surface area (Å²) in [7, 11) is -4.76. The number of phosphoric ester groups is 1. The highest BCUT2D eigenvalue weighted by atomic mass is 31.2. The fourth-order valence-corrected chi connectivity index (χ4v) is 7.39. The standard InChI is InChI=1S/C49H91O8P/c1-3-5-7-9-11-13-15-17-19-21-22-23-24-25-26-28-29-31-33-35-37-39-41-43-48(50)55-45-47(46-56-58(52,53)54)57-49(51)44-42-40-38-36-34-32-30-27-20-18-16-14-12-10-8-6-4-2/h12,14,18,20,30,32,47H,3-11,13,15-17,19,21-29,31,33-46H2,1-2H3,(H2,52,53,54)/b14-12+,20-18+,32-30+/t47-/m1/s1. The Bertz CT molecular complexity index is 1040. The first kappa shape index (κ1) is 56.3. The van der Waals surface area contributed by atoms with Crippen molar-refractivity contribution in [1.29, 1.82) is 0 Å². The van der Waals surface area contributed by atoms with E-state index in [1.54, 1.807) is 0 Å². The summed E-state index contributed by atoms with van der Waals surface area (Å²) in [5.74, 6) is -0.899. The molecule has 0 aromatic heterocycles. The third-order valence-corrected chi connectivity index (χ3v) is 11.1. The molecule has 0 aliphatic heterocycles. The van der Waals surface area contributed by atoms with E-state index in [2.05, 4.69) is 54.8 Å². The molecule has 0 amide bonds. The van der Waals surface area contributed by atoms with Crippen LogP contribution in [0.2, 0.25) is 0 Å². The minimum Gasteiger partial charge on any atom is -0.462 e. The van der Waals surface area contributed by atoms with E-state index in [0.717, 1.165) is 57.8 Å². The Morgan fingerprint density at radius 1 is 0.448 bits per heavy atom. The van der Waals surface area contributed by atoms with Gasteiger partial charge in [0.2, 0.25) is 0 Å². The van der Waals surface area contributed by atoms with Crippen LogP contribution in [0.3, 0.4) is 0 Å². The first-order valence-corrected chi connectivity index (χ1v) is 25.8. The van der Waals surface area contributed by atoms with Crippen LogP contribution in [0.5, 0.6) is 0 Å². The average Bonchev–Trinajstić information content (AvgIpc) is 3.20. The van der Waals surface area contributed by atoms with Gasteiger partial charge in [0, 0.05) is 12.8 Å². The molecule has 2 N–H and O–H groups in total. The Morgan fingerprint density at radius 2 is 0.776 bits per heavy atom. The number of ether oxygens (including phenoxy) is 2.